The van der Waals surface area contributed by atoms with E-state index in [0.29, 0.717) is 12.0 Å². The van der Waals surface area contributed by atoms with Crippen LogP contribution in [0.4, 0.5) is 0 Å². The van der Waals surface area contributed by atoms with Crippen molar-refractivity contribution < 1.29 is 4.79 Å². The summed E-state index contributed by atoms with van der Waals surface area (Å²) in [5.41, 5.74) is 7.01. The fraction of sp³-hybridized carbons (Fsp3) is 0.0909. The minimum atomic E-state index is 0.0634. The zero-order chi connectivity index (χ0) is 10.4. The number of allylic oxidation sites excluding steroid dienone is 1. The Morgan fingerprint density at radius 1 is 1.36 bits per heavy atom. The second-order valence-corrected chi connectivity index (χ2v) is 2.84. The van der Waals surface area contributed by atoms with Crippen LogP contribution >= 0.6 is 0 Å². The molecule has 0 heterocycles. The molecule has 0 radical (unpaired) electrons. The van der Waals surface area contributed by atoms with Gasteiger partial charge in [-0.15, -0.1) is 0 Å². The summed E-state index contributed by atoms with van der Waals surface area (Å²) >= 11 is 0. The number of carbonyl (C=O) groups excluding carboxylic acids is 1. The third-order valence-electron chi connectivity index (χ3n) is 1.76. The van der Waals surface area contributed by atoms with Crippen LogP contribution in [0.5, 0.6) is 0 Å². The Balaban J connectivity index is 2.73. The minimum Gasteiger partial charge on any atom is -0.384 e. The lowest BCUT2D eigenvalue weighted by molar-refractivity contribution is -0.107. The normalized spacial score (nSPS) is 10.3. The van der Waals surface area contributed by atoms with E-state index in [9.17, 15) is 4.79 Å². The van der Waals surface area contributed by atoms with Crippen molar-refractivity contribution in [2.75, 3.05) is 0 Å². The molecule has 0 aliphatic rings. The average molecular weight is 188 g/mol. The molecule has 0 fully saturated rings. The van der Waals surface area contributed by atoms with E-state index in [4.69, 9.17) is 11.1 Å². The van der Waals surface area contributed by atoms with Crippen molar-refractivity contribution in [1.29, 1.82) is 5.41 Å². The van der Waals surface area contributed by atoms with Gasteiger partial charge in [-0.3, -0.25) is 5.41 Å². The molecule has 1 rings (SSSR count). The summed E-state index contributed by atoms with van der Waals surface area (Å²) in [6.45, 7) is 0. The largest absolute Gasteiger partial charge is 0.384 e. The SMILES string of the molecule is N=C(N)c1ccc(C=CCC=O)cc1. The quantitative estimate of drug-likeness (QED) is 0.428. The highest BCUT2D eigenvalue weighted by atomic mass is 16.1. The lowest BCUT2D eigenvalue weighted by atomic mass is 10.1. The summed E-state index contributed by atoms with van der Waals surface area (Å²) in [6.07, 6.45) is 4.92. The van der Waals surface area contributed by atoms with E-state index in [1.165, 1.54) is 0 Å². The van der Waals surface area contributed by atoms with Crippen LogP contribution in [0.25, 0.3) is 6.08 Å². The summed E-state index contributed by atoms with van der Waals surface area (Å²) < 4.78 is 0. The molecule has 0 amide bonds. The van der Waals surface area contributed by atoms with E-state index in [1.54, 1.807) is 18.2 Å². The Morgan fingerprint density at radius 3 is 2.50 bits per heavy atom. The zero-order valence-electron chi connectivity index (χ0n) is 7.73. The molecule has 3 N–H and O–H groups in total. The first kappa shape index (κ1) is 10.2. The molecule has 0 aliphatic heterocycles. The van der Waals surface area contributed by atoms with E-state index < -0.39 is 0 Å². The van der Waals surface area contributed by atoms with Crippen LogP contribution in [0.3, 0.4) is 0 Å². The molecule has 0 saturated carbocycles. The van der Waals surface area contributed by atoms with Crippen LogP contribution in [0.2, 0.25) is 0 Å². The molecular weight excluding hydrogens is 176 g/mol. The molecule has 0 unspecified atom stereocenters. The molecule has 3 nitrogen and oxygen atoms in total. The van der Waals surface area contributed by atoms with Crippen LogP contribution < -0.4 is 5.73 Å². The van der Waals surface area contributed by atoms with Crippen molar-refractivity contribution in [3.05, 3.63) is 41.5 Å². The highest BCUT2D eigenvalue weighted by Gasteiger charge is 1.93. The Kier molecular flexibility index (Phi) is 3.61. The summed E-state index contributed by atoms with van der Waals surface area (Å²) in [5, 5.41) is 7.19. The van der Waals surface area contributed by atoms with Crippen LogP contribution in [0.1, 0.15) is 17.5 Å². The van der Waals surface area contributed by atoms with Crippen LogP contribution in [-0.4, -0.2) is 12.1 Å². The number of carbonyl (C=O) groups is 1. The van der Waals surface area contributed by atoms with Gasteiger partial charge in [-0.1, -0.05) is 36.4 Å². The molecule has 3 heteroatoms. The van der Waals surface area contributed by atoms with Gasteiger partial charge in [0.25, 0.3) is 0 Å². The van der Waals surface area contributed by atoms with Gasteiger partial charge in [-0.2, -0.15) is 0 Å². The van der Waals surface area contributed by atoms with Crippen molar-refractivity contribution >= 4 is 18.2 Å². The molecule has 0 aliphatic carbocycles. The molecule has 0 spiro atoms. The van der Waals surface area contributed by atoms with Crippen molar-refractivity contribution in [2.24, 2.45) is 5.73 Å². The summed E-state index contributed by atoms with van der Waals surface area (Å²) in [6, 6.07) is 7.28. The van der Waals surface area contributed by atoms with Crippen LogP contribution in [0.15, 0.2) is 30.3 Å². The van der Waals surface area contributed by atoms with E-state index in [-0.39, 0.29) is 5.84 Å². The van der Waals surface area contributed by atoms with Crippen molar-refractivity contribution in [3.8, 4) is 0 Å². The van der Waals surface area contributed by atoms with Gasteiger partial charge >= 0.3 is 0 Å². The summed E-state index contributed by atoms with van der Waals surface area (Å²) in [5.74, 6) is 0.0634. The Hall–Kier alpha value is -1.90. The van der Waals surface area contributed by atoms with Gasteiger partial charge < -0.3 is 10.5 Å². The Bertz CT molecular complexity index is 352. The summed E-state index contributed by atoms with van der Waals surface area (Å²) in [7, 11) is 0. The van der Waals surface area contributed by atoms with E-state index >= 15 is 0 Å². The van der Waals surface area contributed by atoms with E-state index in [1.807, 2.05) is 18.2 Å². The zero-order valence-corrected chi connectivity index (χ0v) is 7.73. The molecular formula is C11H12N2O. The topological polar surface area (TPSA) is 66.9 Å². The maximum Gasteiger partial charge on any atom is 0.123 e. The van der Waals surface area contributed by atoms with Gasteiger partial charge in [0.05, 0.1) is 0 Å². The molecule has 1 aromatic carbocycles. The van der Waals surface area contributed by atoms with Crippen molar-refractivity contribution in [3.63, 3.8) is 0 Å². The number of nitrogen functional groups attached to an aromatic ring is 1. The first-order valence-electron chi connectivity index (χ1n) is 4.28. The Labute approximate surface area is 82.8 Å². The first-order chi connectivity index (χ1) is 6.74. The smallest absolute Gasteiger partial charge is 0.123 e. The lowest BCUT2D eigenvalue weighted by Crippen LogP contribution is -2.10. The van der Waals surface area contributed by atoms with Gasteiger partial charge in [0, 0.05) is 12.0 Å². The number of rotatable bonds is 4. The second-order valence-electron chi connectivity index (χ2n) is 2.84. The van der Waals surface area contributed by atoms with Gasteiger partial charge in [-0.25, -0.2) is 0 Å². The fourth-order valence-corrected chi connectivity index (χ4v) is 1.03. The molecule has 0 saturated heterocycles. The molecule has 0 atom stereocenters. The third kappa shape index (κ3) is 2.86. The van der Waals surface area contributed by atoms with E-state index in [0.717, 1.165) is 11.8 Å². The monoisotopic (exact) mass is 188 g/mol. The highest BCUT2D eigenvalue weighted by molar-refractivity contribution is 5.95. The third-order valence-corrected chi connectivity index (χ3v) is 1.76. The average Bonchev–Trinajstić information content (AvgIpc) is 2.19. The number of hydrogen-bond donors (Lipinski definition) is 2. The lowest BCUT2D eigenvalue weighted by Gasteiger charge is -1.97. The van der Waals surface area contributed by atoms with Crippen molar-refractivity contribution in [1.82, 2.24) is 0 Å². The molecule has 0 bridgehead atoms. The standard InChI is InChI=1S/C11H12N2O/c12-11(13)10-6-4-9(5-7-10)3-1-2-8-14/h1,3-8H,2H2,(H3,12,13). The molecule has 0 aromatic heterocycles. The molecule has 72 valence electrons. The Morgan fingerprint density at radius 2 is 2.00 bits per heavy atom. The number of nitrogens with two attached hydrogens (primary N) is 1. The predicted molar refractivity (Wildman–Crippen MR) is 57.2 cm³/mol. The maximum absolute atomic E-state index is 10.0. The number of amidine groups is 1. The highest BCUT2D eigenvalue weighted by Crippen LogP contribution is 2.05. The number of hydrogen-bond acceptors (Lipinski definition) is 2. The predicted octanol–water partition coefficient (Wildman–Crippen LogP) is 1.57. The van der Waals surface area contributed by atoms with Gasteiger partial charge in [-0.05, 0) is 5.56 Å². The van der Waals surface area contributed by atoms with Gasteiger partial charge in [0.15, 0.2) is 0 Å². The molecule has 1 aromatic rings. The second kappa shape index (κ2) is 4.97. The first-order valence-corrected chi connectivity index (χ1v) is 4.28. The van der Waals surface area contributed by atoms with E-state index in [2.05, 4.69) is 0 Å². The number of nitrogens with one attached hydrogen (secondary N) is 1. The molecule has 14 heavy (non-hydrogen) atoms. The van der Waals surface area contributed by atoms with Gasteiger partial charge in [0.2, 0.25) is 0 Å². The summed E-state index contributed by atoms with van der Waals surface area (Å²) in [4.78, 5) is 10.0. The van der Waals surface area contributed by atoms with Crippen LogP contribution in [0, 0.1) is 5.41 Å². The van der Waals surface area contributed by atoms with Crippen LogP contribution in [-0.2, 0) is 4.79 Å². The number of benzene rings is 1. The minimum absolute atomic E-state index is 0.0634. The van der Waals surface area contributed by atoms with Crippen molar-refractivity contribution in [2.45, 2.75) is 6.42 Å². The maximum atomic E-state index is 10.0. The fourth-order valence-electron chi connectivity index (χ4n) is 1.03. The number of aldehydes is 1. The van der Waals surface area contributed by atoms with Gasteiger partial charge in [0.1, 0.15) is 12.1 Å².